The molecule has 94 valence electrons. The van der Waals surface area contributed by atoms with Gasteiger partial charge in [0, 0.05) is 17.3 Å². The average molecular weight is 251 g/mol. The quantitative estimate of drug-likeness (QED) is 0.751. The number of hydrogen-bond acceptors (Lipinski definition) is 4. The van der Waals surface area contributed by atoms with Gasteiger partial charge in [0.15, 0.2) is 0 Å². The normalized spacial score (nSPS) is 10.5. The average Bonchev–Trinajstić information content (AvgIpc) is 2.46. The summed E-state index contributed by atoms with van der Waals surface area (Å²) in [6.07, 6.45) is 3.23. The van der Waals surface area contributed by atoms with Crippen LogP contribution in [0.3, 0.4) is 0 Å². The molecule has 0 spiro atoms. The second kappa shape index (κ2) is 4.94. The molecule has 0 amide bonds. The number of rotatable bonds is 3. The summed E-state index contributed by atoms with van der Waals surface area (Å²) in [5, 5.41) is 13.6. The summed E-state index contributed by atoms with van der Waals surface area (Å²) >= 11 is 0. The molecule has 0 aliphatic heterocycles. The van der Waals surface area contributed by atoms with Crippen molar-refractivity contribution in [2.45, 2.75) is 6.54 Å². The molecule has 3 rings (SSSR count). The van der Waals surface area contributed by atoms with Gasteiger partial charge in [-0.05, 0) is 36.4 Å². The summed E-state index contributed by atoms with van der Waals surface area (Å²) in [5.41, 5.74) is 2.88. The Labute approximate surface area is 110 Å². The number of aromatic hydroxyl groups is 1. The molecule has 19 heavy (non-hydrogen) atoms. The molecule has 0 fully saturated rings. The van der Waals surface area contributed by atoms with Gasteiger partial charge in [0.1, 0.15) is 5.75 Å². The van der Waals surface area contributed by atoms with E-state index >= 15 is 0 Å². The molecular formula is C15H13N3O. The van der Waals surface area contributed by atoms with E-state index in [0.717, 1.165) is 22.3 Å². The number of pyridine rings is 2. The standard InChI is InChI=1S/C15H13N3O/c19-14-5-3-13(18-10-14)9-17-12-4-6-15-11(8-12)2-1-7-16-15/h1-8,10,17,19H,9H2. The monoisotopic (exact) mass is 251 g/mol. The van der Waals surface area contributed by atoms with Crippen LogP contribution in [-0.4, -0.2) is 15.1 Å². The van der Waals surface area contributed by atoms with Crippen LogP contribution in [0.15, 0.2) is 54.9 Å². The van der Waals surface area contributed by atoms with Crippen LogP contribution in [0.1, 0.15) is 5.69 Å². The summed E-state index contributed by atoms with van der Waals surface area (Å²) in [7, 11) is 0. The Balaban J connectivity index is 1.76. The Kier molecular flexibility index (Phi) is 2.98. The van der Waals surface area contributed by atoms with E-state index in [2.05, 4.69) is 21.4 Å². The van der Waals surface area contributed by atoms with Gasteiger partial charge in [0.25, 0.3) is 0 Å². The first-order valence-corrected chi connectivity index (χ1v) is 6.04. The van der Waals surface area contributed by atoms with Gasteiger partial charge in [-0.2, -0.15) is 0 Å². The molecule has 2 N–H and O–H groups in total. The minimum Gasteiger partial charge on any atom is -0.506 e. The van der Waals surface area contributed by atoms with Crippen LogP contribution in [-0.2, 0) is 6.54 Å². The molecule has 1 aromatic carbocycles. The van der Waals surface area contributed by atoms with Crippen LogP contribution in [0.2, 0.25) is 0 Å². The lowest BCUT2D eigenvalue weighted by molar-refractivity contribution is 0.472. The molecule has 0 saturated heterocycles. The molecular weight excluding hydrogens is 238 g/mol. The smallest absolute Gasteiger partial charge is 0.133 e. The molecule has 3 aromatic rings. The highest BCUT2D eigenvalue weighted by atomic mass is 16.3. The highest BCUT2D eigenvalue weighted by molar-refractivity contribution is 5.82. The second-order valence-corrected chi connectivity index (χ2v) is 4.27. The van der Waals surface area contributed by atoms with E-state index in [0.29, 0.717) is 6.54 Å². The Morgan fingerprint density at radius 3 is 2.84 bits per heavy atom. The topological polar surface area (TPSA) is 58.0 Å². The zero-order chi connectivity index (χ0) is 13.1. The molecule has 0 radical (unpaired) electrons. The number of anilines is 1. The lowest BCUT2D eigenvalue weighted by Crippen LogP contribution is -2.01. The molecule has 0 atom stereocenters. The van der Waals surface area contributed by atoms with Crippen molar-refractivity contribution in [3.63, 3.8) is 0 Å². The van der Waals surface area contributed by atoms with E-state index in [1.807, 2.05) is 24.3 Å². The minimum atomic E-state index is 0.181. The summed E-state index contributed by atoms with van der Waals surface area (Å²) in [6, 6.07) is 13.4. The largest absolute Gasteiger partial charge is 0.506 e. The van der Waals surface area contributed by atoms with E-state index in [4.69, 9.17) is 0 Å². The highest BCUT2D eigenvalue weighted by Gasteiger charge is 1.98. The van der Waals surface area contributed by atoms with Crippen molar-refractivity contribution >= 4 is 16.6 Å². The van der Waals surface area contributed by atoms with Crippen LogP contribution in [0, 0.1) is 0 Å². The predicted molar refractivity (Wildman–Crippen MR) is 75.0 cm³/mol. The van der Waals surface area contributed by atoms with Crippen molar-refractivity contribution in [3.05, 3.63) is 60.6 Å². The van der Waals surface area contributed by atoms with E-state index in [1.54, 1.807) is 18.3 Å². The van der Waals surface area contributed by atoms with Crippen molar-refractivity contribution in [2.24, 2.45) is 0 Å². The summed E-state index contributed by atoms with van der Waals surface area (Å²) in [6.45, 7) is 0.617. The fourth-order valence-electron chi connectivity index (χ4n) is 1.90. The maximum Gasteiger partial charge on any atom is 0.133 e. The van der Waals surface area contributed by atoms with E-state index in [-0.39, 0.29) is 5.75 Å². The zero-order valence-electron chi connectivity index (χ0n) is 10.2. The summed E-state index contributed by atoms with van der Waals surface area (Å²) < 4.78 is 0. The molecule has 0 saturated carbocycles. The van der Waals surface area contributed by atoms with Gasteiger partial charge in [-0.3, -0.25) is 9.97 Å². The van der Waals surface area contributed by atoms with Crippen molar-refractivity contribution in [3.8, 4) is 5.75 Å². The second-order valence-electron chi connectivity index (χ2n) is 4.27. The van der Waals surface area contributed by atoms with Crippen LogP contribution in [0.25, 0.3) is 10.9 Å². The summed E-state index contributed by atoms with van der Waals surface area (Å²) in [5.74, 6) is 0.181. The fourth-order valence-corrected chi connectivity index (χ4v) is 1.90. The van der Waals surface area contributed by atoms with Gasteiger partial charge in [0.05, 0.1) is 24.0 Å². The van der Waals surface area contributed by atoms with Crippen molar-refractivity contribution in [2.75, 3.05) is 5.32 Å². The number of aromatic nitrogens is 2. The molecule has 0 bridgehead atoms. The van der Waals surface area contributed by atoms with E-state index in [9.17, 15) is 5.11 Å². The molecule has 0 aliphatic rings. The molecule has 0 aliphatic carbocycles. The van der Waals surface area contributed by atoms with Gasteiger partial charge in [-0.1, -0.05) is 6.07 Å². The Bertz CT molecular complexity index is 695. The van der Waals surface area contributed by atoms with Gasteiger partial charge >= 0.3 is 0 Å². The van der Waals surface area contributed by atoms with Gasteiger partial charge < -0.3 is 10.4 Å². The molecule has 0 unspecified atom stereocenters. The Hall–Kier alpha value is -2.62. The number of nitrogens with zero attached hydrogens (tertiary/aromatic N) is 2. The third-order valence-electron chi connectivity index (χ3n) is 2.89. The van der Waals surface area contributed by atoms with Crippen LogP contribution in [0.5, 0.6) is 5.75 Å². The minimum absolute atomic E-state index is 0.181. The van der Waals surface area contributed by atoms with Gasteiger partial charge in [-0.15, -0.1) is 0 Å². The summed E-state index contributed by atoms with van der Waals surface area (Å²) in [4.78, 5) is 8.41. The van der Waals surface area contributed by atoms with Crippen LogP contribution in [0.4, 0.5) is 5.69 Å². The predicted octanol–water partition coefficient (Wildman–Crippen LogP) is 2.95. The maximum absolute atomic E-state index is 9.17. The number of nitrogens with one attached hydrogen (secondary N) is 1. The third-order valence-corrected chi connectivity index (χ3v) is 2.89. The first-order valence-electron chi connectivity index (χ1n) is 6.04. The lowest BCUT2D eigenvalue weighted by atomic mass is 10.2. The molecule has 4 heteroatoms. The highest BCUT2D eigenvalue weighted by Crippen LogP contribution is 2.17. The fraction of sp³-hybridized carbons (Fsp3) is 0.0667. The lowest BCUT2D eigenvalue weighted by Gasteiger charge is -2.07. The van der Waals surface area contributed by atoms with Gasteiger partial charge in [0.2, 0.25) is 0 Å². The van der Waals surface area contributed by atoms with Crippen LogP contribution < -0.4 is 5.32 Å². The van der Waals surface area contributed by atoms with Crippen molar-refractivity contribution < 1.29 is 5.11 Å². The first kappa shape index (κ1) is 11.5. The number of hydrogen-bond donors (Lipinski definition) is 2. The Morgan fingerprint density at radius 1 is 1.05 bits per heavy atom. The SMILES string of the molecule is Oc1ccc(CNc2ccc3ncccc3c2)nc1. The zero-order valence-corrected chi connectivity index (χ0v) is 10.2. The van der Waals surface area contributed by atoms with Crippen LogP contribution >= 0.6 is 0 Å². The number of fused-ring (bicyclic) bond motifs is 1. The van der Waals surface area contributed by atoms with Gasteiger partial charge in [-0.25, -0.2) is 0 Å². The Morgan fingerprint density at radius 2 is 2.00 bits per heavy atom. The third kappa shape index (κ3) is 2.63. The van der Waals surface area contributed by atoms with Crippen molar-refractivity contribution in [1.82, 2.24) is 9.97 Å². The van der Waals surface area contributed by atoms with E-state index in [1.165, 1.54) is 6.20 Å². The van der Waals surface area contributed by atoms with E-state index < -0.39 is 0 Å². The molecule has 2 heterocycles. The number of benzene rings is 1. The van der Waals surface area contributed by atoms with Crippen molar-refractivity contribution in [1.29, 1.82) is 0 Å². The molecule has 4 nitrogen and oxygen atoms in total. The molecule has 2 aromatic heterocycles. The first-order chi connectivity index (χ1) is 9.31. The maximum atomic E-state index is 9.17.